The zero-order valence-electron chi connectivity index (χ0n) is 14.5. The first-order valence-electron chi connectivity index (χ1n) is 8.92. The summed E-state index contributed by atoms with van der Waals surface area (Å²) < 4.78 is 16.1. The highest BCUT2D eigenvalue weighted by Crippen LogP contribution is 2.23. The van der Waals surface area contributed by atoms with Crippen molar-refractivity contribution in [3.63, 3.8) is 0 Å². The summed E-state index contributed by atoms with van der Waals surface area (Å²) in [5.74, 6) is 1.85. The van der Waals surface area contributed by atoms with Gasteiger partial charge in [-0.25, -0.2) is 4.39 Å². The molecule has 1 saturated heterocycles. The molecule has 0 bridgehead atoms. The molecule has 4 rings (SSSR count). The molecule has 1 N–H and O–H groups in total. The first kappa shape index (κ1) is 17.2. The van der Waals surface area contributed by atoms with Gasteiger partial charge in [-0.1, -0.05) is 36.4 Å². The number of aromatic nitrogens is 1. The van der Waals surface area contributed by atoms with Crippen LogP contribution in [0.2, 0.25) is 0 Å². The molecule has 5 heteroatoms. The second kappa shape index (κ2) is 7.54. The topological polar surface area (TPSA) is 34.0 Å². The van der Waals surface area contributed by atoms with Crippen LogP contribution in [-0.2, 0) is 6.54 Å². The minimum absolute atomic E-state index is 0.0746. The highest BCUT2D eigenvalue weighted by molar-refractivity contribution is 7.99. The quantitative estimate of drug-likeness (QED) is 0.738. The van der Waals surface area contributed by atoms with Gasteiger partial charge in [0.05, 0.1) is 6.54 Å². The van der Waals surface area contributed by atoms with E-state index in [0.29, 0.717) is 17.8 Å². The van der Waals surface area contributed by atoms with Crippen LogP contribution in [0.1, 0.15) is 28.9 Å². The van der Waals surface area contributed by atoms with Crippen LogP contribution in [0.25, 0.3) is 10.9 Å². The van der Waals surface area contributed by atoms with Crippen LogP contribution in [-0.4, -0.2) is 28.0 Å². The number of rotatable bonds is 4. The molecule has 0 saturated carbocycles. The lowest BCUT2D eigenvalue weighted by Gasteiger charge is -2.23. The Kier molecular flexibility index (Phi) is 4.98. The van der Waals surface area contributed by atoms with E-state index in [1.807, 2.05) is 52.7 Å². The second-order valence-electron chi connectivity index (χ2n) is 6.63. The van der Waals surface area contributed by atoms with Crippen molar-refractivity contribution in [1.82, 2.24) is 9.88 Å². The van der Waals surface area contributed by atoms with Crippen molar-refractivity contribution in [3.05, 3.63) is 71.7 Å². The molecule has 0 spiro atoms. The van der Waals surface area contributed by atoms with Crippen molar-refractivity contribution < 1.29 is 9.18 Å². The van der Waals surface area contributed by atoms with E-state index in [9.17, 15) is 9.18 Å². The third-order valence-electron chi connectivity index (χ3n) is 4.89. The minimum Gasteiger partial charge on any atom is -0.348 e. The summed E-state index contributed by atoms with van der Waals surface area (Å²) in [6, 6.07) is 16.7. The average Bonchev–Trinajstić information content (AvgIpc) is 3.03. The van der Waals surface area contributed by atoms with Crippen LogP contribution in [0.5, 0.6) is 0 Å². The molecular formula is C21H21FN2OS. The summed E-state index contributed by atoms with van der Waals surface area (Å²) >= 11 is 1.93. The molecule has 1 aromatic heterocycles. The lowest BCUT2D eigenvalue weighted by molar-refractivity contribution is 0.0926. The number of carbonyl (C=O) groups excluding carboxylic acids is 1. The number of para-hydroxylation sites is 1. The van der Waals surface area contributed by atoms with Crippen molar-refractivity contribution in [1.29, 1.82) is 0 Å². The van der Waals surface area contributed by atoms with Gasteiger partial charge in [0.25, 0.3) is 5.91 Å². The van der Waals surface area contributed by atoms with Gasteiger partial charge in [-0.2, -0.15) is 11.8 Å². The lowest BCUT2D eigenvalue weighted by atomic mass is 10.1. The maximum absolute atomic E-state index is 14.2. The van der Waals surface area contributed by atoms with E-state index < -0.39 is 0 Å². The molecule has 0 aliphatic carbocycles. The summed E-state index contributed by atoms with van der Waals surface area (Å²) in [6.07, 6.45) is 2.01. The lowest BCUT2D eigenvalue weighted by Crippen LogP contribution is -2.38. The fourth-order valence-electron chi connectivity index (χ4n) is 3.47. The van der Waals surface area contributed by atoms with Gasteiger partial charge in [-0.05, 0) is 42.5 Å². The van der Waals surface area contributed by atoms with Crippen LogP contribution in [0.15, 0.2) is 54.6 Å². The minimum atomic E-state index is -0.249. The summed E-state index contributed by atoms with van der Waals surface area (Å²) in [5, 5.41) is 4.16. The van der Waals surface area contributed by atoms with Gasteiger partial charge < -0.3 is 9.88 Å². The monoisotopic (exact) mass is 368 g/mol. The van der Waals surface area contributed by atoms with E-state index in [-0.39, 0.29) is 17.8 Å². The van der Waals surface area contributed by atoms with Crippen LogP contribution >= 0.6 is 11.8 Å². The van der Waals surface area contributed by atoms with Gasteiger partial charge in [0.1, 0.15) is 11.5 Å². The third kappa shape index (κ3) is 3.49. The highest BCUT2D eigenvalue weighted by Gasteiger charge is 2.21. The molecule has 0 atom stereocenters. The molecule has 0 radical (unpaired) electrons. The summed E-state index contributed by atoms with van der Waals surface area (Å²) in [7, 11) is 0. The number of nitrogens with zero attached hydrogens (tertiary/aromatic N) is 1. The first-order chi connectivity index (χ1) is 12.7. The van der Waals surface area contributed by atoms with Crippen LogP contribution < -0.4 is 5.32 Å². The smallest absolute Gasteiger partial charge is 0.268 e. The number of hydrogen-bond acceptors (Lipinski definition) is 2. The zero-order valence-corrected chi connectivity index (χ0v) is 15.3. The largest absolute Gasteiger partial charge is 0.348 e. The van der Waals surface area contributed by atoms with Gasteiger partial charge >= 0.3 is 0 Å². The number of nitrogens with one attached hydrogen (secondary N) is 1. The Bertz CT molecular complexity index is 931. The molecule has 1 aliphatic heterocycles. The SMILES string of the molecule is O=C(NC1CCSCC1)c1cc2ccccc2n1Cc1ccccc1F. The predicted molar refractivity (Wildman–Crippen MR) is 105 cm³/mol. The fraction of sp³-hybridized carbons (Fsp3) is 0.286. The molecule has 1 fully saturated rings. The Morgan fingerprint density at radius 3 is 2.65 bits per heavy atom. The molecule has 3 aromatic rings. The number of thioether (sulfide) groups is 1. The zero-order chi connectivity index (χ0) is 17.9. The number of hydrogen-bond donors (Lipinski definition) is 1. The van der Waals surface area contributed by atoms with Gasteiger partial charge in [0.2, 0.25) is 0 Å². The number of benzene rings is 2. The standard InChI is InChI=1S/C21H21FN2OS/c22-18-7-3-1-6-16(18)14-24-19-8-4-2-5-15(19)13-20(24)21(25)23-17-9-11-26-12-10-17/h1-8,13,17H,9-12,14H2,(H,23,25). The average molecular weight is 368 g/mol. The molecular weight excluding hydrogens is 347 g/mol. The third-order valence-corrected chi connectivity index (χ3v) is 5.93. The number of amides is 1. The van der Waals surface area contributed by atoms with Gasteiger partial charge in [0, 0.05) is 22.5 Å². The molecule has 1 aliphatic rings. The highest BCUT2D eigenvalue weighted by atomic mass is 32.2. The van der Waals surface area contributed by atoms with E-state index >= 15 is 0 Å². The molecule has 2 aromatic carbocycles. The maximum atomic E-state index is 14.2. The summed E-state index contributed by atoms with van der Waals surface area (Å²) in [6.45, 7) is 0.337. The second-order valence-corrected chi connectivity index (χ2v) is 7.85. The Labute approximate surface area is 156 Å². The predicted octanol–water partition coefficient (Wildman–Crippen LogP) is 4.45. The molecule has 3 nitrogen and oxygen atoms in total. The van der Waals surface area contributed by atoms with Crippen LogP contribution in [0.4, 0.5) is 4.39 Å². The molecule has 1 amide bonds. The fourth-order valence-corrected chi connectivity index (χ4v) is 4.57. The Hall–Kier alpha value is -2.27. The summed E-state index contributed by atoms with van der Waals surface area (Å²) in [4.78, 5) is 12.9. The molecule has 134 valence electrons. The van der Waals surface area contributed by atoms with Crippen molar-refractivity contribution in [2.24, 2.45) is 0 Å². The molecule has 26 heavy (non-hydrogen) atoms. The Morgan fingerprint density at radius 2 is 1.85 bits per heavy atom. The molecule has 2 heterocycles. The normalized spacial score (nSPS) is 15.3. The van der Waals surface area contributed by atoms with Crippen molar-refractivity contribution >= 4 is 28.6 Å². The molecule has 0 unspecified atom stereocenters. The van der Waals surface area contributed by atoms with Crippen LogP contribution in [0, 0.1) is 5.82 Å². The van der Waals surface area contributed by atoms with E-state index in [0.717, 1.165) is 35.3 Å². The number of fused-ring (bicyclic) bond motifs is 1. The first-order valence-corrected chi connectivity index (χ1v) is 10.1. The van der Waals surface area contributed by atoms with Crippen molar-refractivity contribution in [2.45, 2.75) is 25.4 Å². The van der Waals surface area contributed by atoms with Gasteiger partial charge in [0.15, 0.2) is 0 Å². The number of halogens is 1. The Balaban J connectivity index is 1.69. The Morgan fingerprint density at radius 1 is 1.12 bits per heavy atom. The maximum Gasteiger partial charge on any atom is 0.268 e. The van der Waals surface area contributed by atoms with E-state index in [1.54, 1.807) is 12.1 Å². The van der Waals surface area contributed by atoms with Gasteiger partial charge in [-0.15, -0.1) is 0 Å². The number of carbonyl (C=O) groups is 1. The van der Waals surface area contributed by atoms with Crippen molar-refractivity contribution in [2.75, 3.05) is 11.5 Å². The van der Waals surface area contributed by atoms with Crippen LogP contribution in [0.3, 0.4) is 0 Å². The van der Waals surface area contributed by atoms with E-state index in [1.165, 1.54) is 6.07 Å². The van der Waals surface area contributed by atoms with E-state index in [4.69, 9.17) is 0 Å². The van der Waals surface area contributed by atoms with Gasteiger partial charge in [-0.3, -0.25) is 4.79 Å². The van der Waals surface area contributed by atoms with Crippen molar-refractivity contribution in [3.8, 4) is 0 Å². The van der Waals surface area contributed by atoms with E-state index in [2.05, 4.69) is 5.32 Å². The summed E-state index contributed by atoms with van der Waals surface area (Å²) in [5.41, 5.74) is 2.12.